The SMILES string of the molecule is CCC(CC)OC(=O)CC(=O)c1ccc(OC)c(OC)c1. The lowest BCUT2D eigenvalue weighted by atomic mass is 10.1. The summed E-state index contributed by atoms with van der Waals surface area (Å²) in [4.78, 5) is 23.8. The van der Waals surface area contributed by atoms with Crippen LogP contribution in [-0.4, -0.2) is 32.1 Å². The first-order valence-corrected chi connectivity index (χ1v) is 7.00. The van der Waals surface area contributed by atoms with Gasteiger partial charge in [0.15, 0.2) is 17.3 Å². The molecule has 0 aromatic heterocycles. The van der Waals surface area contributed by atoms with Gasteiger partial charge in [-0.3, -0.25) is 9.59 Å². The molecule has 0 bridgehead atoms. The Labute approximate surface area is 125 Å². The summed E-state index contributed by atoms with van der Waals surface area (Å²) in [6.45, 7) is 3.88. The summed E-state index contributed by atoms with van der Waals surface area (Å²) in [5.74, 6) is 0.195. The van der Waals surface area contributed by atoms with Crippen molar-refractivity contribution >= 4 is 11.8 Å². The third kappa shape index (κ3) is 4.77. The van der Waals surface area contributed by atoms with Crippen molar-refractivity contribution in [2.24, 2.45) is 0 Å². The van der Waals surface area contributed by atoms with Gasteiger partial charge in [-0.05, 0) is 31.0 Å². The molecule has 0 saturated carbocycles. The fourth-order valence-electron chi connectivity index (χ4n) is 1.93. The third-order valence-electron chi connectivity index (χ3n) is 3.22. The van der Waals surface area contributed by atoms with Crippen molar-refractivity contribution in [3.63, 3.8) is 0 Å². The maximum Gasteiger partial charge on any atom is 0.313 e. The van der Waals surface area contributed by atoms with Gasteiger partial charge < -0.3 is 14.2 Å². The zero-order valence-corrected chi connectivity index (χ0v) is 13.0. The van der Waals surface area contributed by atoms with Crippen molar-refractivity contribution in [1.82, 2.24) is 0 Å². The predicted molar refractivity (Wildman–Crippen MR) is 79.0 cm³/mol. The van der Waals surface area contributed by atoms with E-state index in [0.717, 1.165) is 12.8 Å². The molecule has 0 aliphatic carbocycles. The van der Waals surface area contributed by atoms with Crippen LogP contribution in [0.4, 0.5) is 0 Å². The first kappa shape index (κ1) is 17.0. The molecule has 1 aromatic rings. The van der Waals surface area contributed by atoms with Crippen LogP contribution in [0.15, 0.2) is 18.2 Å². The van der Waals surface area contributed by atoms with Gasteiger partial charge >= 0.3 is 5.97 Å². The van der Waals surface area contributed by atoms with Crippen LogP contribution >= 0.6 is 0 Å². The molecule has 0 saturated heterocycles. The smallest absolute Gasteiger partial charge is 0.313 e. The summed E-state index contributed by atoms with van der Waals surface area (Å²) >= 11 is 0. The highest BCUT2D eigenvalue weighted by Gasteiger charge is 2.17. The van der Waals surface area contributed by atoms with E-state index in [1.165, 1.54) is 14.2 Å². The summed E-state index contributed by atoms with van der Waals surface area (Å²) in [6, 6.07) is 4.80. The minimum absolute atomic E-state index is 0.129. The van der Waals surface area contributed by atoms with E-state index in [2.05, 4.69) is 0 Å². The molecule has 0 aliphatic rings. The van der Waals surface area contributed by atoms with Crippen LogP contribution in [0.2, 0.25) is 0 Å². The Kier molecular flexibility index (Phi) is 6.72. The second kappa shape index (κ2) is 8.29. The van der Waals surface area contributed by atoms with Crippen molar-refractivity contribution < 1.29 is 23.8 Å². The van der Waals surface area contributed by atoms with Gasteiger partial charge in [0.25, 0.3) is 0 Å². The molecule has 5 heteroatoms. The number of ether oxygens (including phenoxy) is 3. The van der Waals surface area contributed by atoms with E-state index >= 15 is 0 Å². The van der Waals surface area contributed by atoms with Gasteiger partial charge in [-0.2, -0.15) is 0 Å². The van der Waals surface area contributed by atoms with Gasteiger partial charge in [-0.15, -0.1) is 0 Å². The maximum absolute atomic E-state index is 12.1. The molecule has 21 heavy (non-hydrogen) atoms. The summed E-state index contributed by atoms with van der Waals surface area (Å²) in [5.41, 5.74) is 0.397. The molecule has 0 atom stereocenters. The van der Waals surface area contributed by atoms with Crippen molar-refractivity contribution in [1.29, 1.82) is 0 Å². The van der Waals surface area contributed by atoms with E-state index in [1.54, 1.807) is 18.2 Å². The molecular formula is C16H22O5. The number of esters is 1. The zero-order chi connectivity index (χ0) is 15.8. The van der Waals surface area contributed by atoms with E-state index in [-0.39, 0.29) is 18.3 Å². The second-order valence-corrected chi connectivity index (χ2v) is 4.60. The van der Waals surface area contributed by atoms with Gasteiger partial charge in [0.2, 0.25) is 0 Å². The van der Waals surface area contributed by atoms with Crippen molar-refractivity contribution in [3.05, 3.63) is 23.8 Å². The summed E-state index contributed by atoms with van der Waals surface area (Å²) in [6.07, 6.45) is 1.08. The van der Waals surface area contributed by atoms with E-state index in [4.69, 9.17) is 14.2 Å². The Morgan fingerprint density at radius 3 is 2.19 bits per heavy atom. The van der Waals surface area contributed by atoms with Crippen LogP contribution in [0.5, 0.6) is 11.5 Å². The molecule has 0 fully saturated rings. The molecule has 0 spiro atoms. The van der Waals surface area contributed by atoms with Gasteiger partial charge in [0.05, 0.1) is 14.2 Å². The largest absolute Gasteiger partial charge is 0.493 e. The van der Waals surface area contributed by atoms with Gasteiger partial charge in [-0.1, -0.05) is 13.8 Å². The zero-order valence-electron chi connectivity index (χ0n) is 13.0. The molecule has 0 N–H and O–H groups in total. The second-order valence-electron chi connectivity index (χ2n) is 4.60. The predicted octanol–water partition coefficient (Wildman–Crippen LogP) is 3.01. The average Bonchev–Trinajstić information content (AvgIpc) is 2.51. The molecule has 0 heterocycles. The molecule has 0 amide bonds. The average molecular weight is 294 g/mol. The summed E-state index contributed by atoms with van der Waals surface area (Å²) < 4.78 is 15.5. The standard InChI is InChI=1S/C16H22O5/c1-5-12(6-2)21-16(18)10-13(17)11-7-8-14(19-3)15(9-11)20-4/h7-9,12H,5-6,10H2,1-4H3. The molecule has 5 nitrogen and oxygen atoms in total. The van der Waals surface area contributed by atoms with Crippen LogP contribution in [0.25, 0.3) is 0 Å². The van der Waals surface area contributed by atoms with Crippen LogP contribution in [0.1, 0.15) is 43.5 Å². The molecule has 0 radical (unpaired) electrons. The maximum atomic E-state index is 12.1. The lowest BCUT2D eigenvalue weighted by molar-refractivity contribution is -0.148. The molecule has 1 rings (SSSR count). The molecule has 1 aromatic carbocycles. The molecule has 0 unspecified atom stereocenters. The third-order valence-corrected chi connectivity index (χ3v) is 3.22. The first-order valence-electron chi connectivity index (χ1n) is 7.00. The van der Waals surface area contributed by atoms with E-state index in [0.29, 0.717) is 17.1 Å². The fraction of sp³-hybridized carbons (Fsp3) is 0.500. The lowest BCUT2D eigenvalue weighted by Gasteiger charge is -2.13. The highest BCUT2D eigenvalue weighted by atomic mass is 16.5. The number of hydrogen-bond donors (Lipinski definition) is 0. The number of carbonyl (C=O) groups excluding carboxylic acids is 2. The Morgan fingerprint density at radius 2 is 1.67 bits per heavy atom. The number of ketones is 1. The van der Waals surface area contributed by atoms with E-state index < -0.39 is 5.97 Å². The Morgan fingerprint density at radius 1 is 1.05 bits per heavy atom. The number of Topliss-reactive ketones (excluding diaryl/α,β-unsaturated/α-hetero) is 1. The number of benzene rings is 1. The Hall–Kier alpha value is -2.04. The van der Waals surface area contributed by atoms with Crippen molar-refractivity contribution in [2.75, 3.05) is 14.2 Å². The van der Waals surface area contributed by atoms with Gasteiger partial charge in [0.1, 0.15) is 12.5 Å². The van der Waals surface area contributed by atoms with Crippen LogP contribution in [0.3, 0.4) is 0 Å². The quantitative estimate of drug-likeness (QED) is 0.419. The number of carbonyl (C=O) groups is 2. The van der Waals surface area contributed by atoms with Crippen LogP contribution in [0, 0.1) is 0 Å². The molecule has 0 aliphatic heterocycles. The van der Waals surface area contributed by atoms with Crippen LogP contribution < -0.4 is 9.47 Å². The summed E-state index contributed by atoms with van der Waals surface area (Å²) in [7, 11) is 3.01. The van der Waals surface area contributed by atoms with E-state index in [1.807, 2.05) is 13.8 Å². The minimum atomic E-state index is -0.497. The monoisotopic (exact) mass is 294 g/mol. The number of hydrogen-bond acceptors (Lipinski definition) is 5. The Bertz CT molecular complexity index is 491. The highest BCUT2D eigenvalue weighted by molar-refractivity contribution is 6.06. The van der Waals surface area contributed by atoms with E-state index in [9.17, 15) is 9.59 Å². The molecular weight excluding hydrogens is 272 g/mol. The van der Waals surface area contributed by atoms with Crippen LogP contribution in [-0.2, 0) is 9.53 Å². The first-order chi connectivity index (χ1) is 10.0. The van der Waals surface area contributed by atoms with Crippen molar-refractivity contribution in [3.8, 4) is 11.5 Å². The minimum Gasteiger partial charge on any atom is -0.493 e. The van der Waals surface area contributed by atoms with Crippen molar-refractivity contribution in [2.45, 2.75) is 39.2 Å². The summed E-state index contributed by atoms with van der Waals surface area (Å²) in [5, 5.41) is 0. The number of rotatable bonds is 8. The fourth-order valence-corrected chi connectivity index (χ4v) is 1.93. The number of methoxy groups -OCH3 is 2. The van der Waals surface area contributed by atoms with Gasteiger partial charge in [-0.25, -0.2) is 0 Å². The molecule has 116 valence electrons. The lowest BCUT2D eigenvalue weighted by Crippen LogP contribution is -2.19. The normalized spacial score (nSPS) is 10.3. The van der Waals surface area contributed by atoms with Gasteiger partial charge in [0, 0.05) is 5.56 Å². The Balaban J connectivity index is 2.73. The highest BCUT2D eigenvalue weighted by Crippen LogP contribution is 2.28. The topological polar surface area (TPSA) is 61.8 Å².